The van der Waals surface area contributed by atoms with E-state index in [0.29, 0.717) is 0 Å². The number of nitrogens with zero attached hydrogens (tertiary/aromatic N) is 1. The lowest BCUT2D eigenvalue weighted by Crippen LogP contribution is -2.40. The van der Waals surface area contributed by atoms with Crippen LogP contribution in [-0.2, 0) is 6.42 Å². The summed E-state index contributed by atoms with van der Waals surface area (Å²) in [5.74, 6) is 0. The Balaban J connectivity index is 2.83. The van der Waals surface area contributed by atoms with Gasteiger partial charge in [0.05, 0.1) is 6.21 Å². The lowest BCUT2D eigenvalue weighted by molar-refractivity contribution is 0.322. The average Bonchev–Trinajstić information content (AvgIpc) is 2.19. The van der Waals surface area contributed by atoms with E-state index in [0.717, 1.165) is 12.0 Å². The second-order valence-electron chi connectivity index (χ2n) is 5.61. The van der Waals surface area contributed by atoms with Crippen molar-refractivity contribution in [3.05, 3.63) is 35.4 Å². The molecule has 0 bridgehead atoms. The summed E-state index contributed by atoms with van der Waals surface area (Å²) in [6.45, 7) is 8.17. The highest BCUT2D eigenvalue weighted by Gasteiger charge is 2.37. The Bertz CT molecular complexity index is 391. The first-order valence-electron chi connectivity index (χ1n) is 5.75. The summed E-state index contributed by atoms with van der Waals surface area (Å²) in [7, 11) is -2.16. The normalized spacial score (nSPS) is 13.2. The third kappa shape index (κ3) is 3.68. The maximum atomic E-state index is 10.2. The average molecular weight is 251 g/mol. The van der Waals surface area contributed by atoms with Gasteiger partial charge in [0.15, 0.2) is 8.32 Å². The Hall–Kier alpha value is -1.13. The number of hydrogen-bond donors (Lipinski definition) is 2. The minimum absolute atomic E-state index is 0.0560. The lowest BCUT2D eigenvalue weighted by Gasteiger charge is -2.35. The highest BCUT2D eigenvalue weighted by Crippen LogP contribution is 2.38. The van der Waals surface area contributed by atoms with Gasteiger partial charge in [0.25, 0.3) is 0 Å². The molecule has 94 valence electrons. The standard InChI is InChI=1S/C13H21NO2Si/c1-13(2,17(3,4)16)9-11-5-7-12(8-6-11)10-14-15/h5-8,10,15-16H,9H2,1-4H3/b14-10+. The van der Waals surface area contributed by atoms with Gasteiger partial charge in [-0.3, -0.25) is 0 Å². The molecule has 2 N–H and O–H groups in total. The van der Waals surface area contributed by atoms with Crippen LogP contribution in [0.1, 0.15) is 25.0 Å². The Kier molecular flexibility index (Phi) is 4.11. The SMILES string of the molecule is CC(C)(Cc1ccc(/C=N/O)cc1)[Si](C)(C)O. The monoisotopic (exact) mass is 251 g/mol. The Morgan fingerprint density at radius 1 is 1.24 bits per heavy atom. The predicted molar refractivity (Wildman–Crippen MR) is 73.3 cm³/mol. The van der Waals surface area contributed by atoms with Crippen molar-refractivity contribution in [2.75, 3.05) is 0 Å². The third-order valence-corrected chi connectivity index (χ3v) is 6.98. The van der Waals surface area contributed by atoms with Crippen LogP contribution in [0, 0.1) is 0 Å². The molecule has 0 aromatic heterocycles. The molecule has 1 aromatic carbocycles. The zero-order valence-electron chi connectivity index (χ0n) is 10.9. The Morgan fingerprint density at radius 3 is 2.18 bits per heavy atom. The minimum atomic E-state index is -2.16. The molecule has 1 aromatic rings. The number of rotatable bonds is 4. The molecule has 0 aliphatic rings. The molecular formula is C13H21NO2Si. The number of hydrogen-bond acceptors (Lipinski definition) is 3. The quantitative estimate of drug-likeness (QED) is 0.374. The van der Waals surface area contributed by atoms with Crippen molar-refractivity contribution in [3.8, 4) is 0 Å². The van der Waals surface area contributed by atoms with Gasteiger partial charge < -0.3 is 10.0 Å². The van der Waals surface area contributed by atoms with Gasteiger partial charge in [-0.05, 0) is 35.7 Å². The maximum Gasteiger partial charge on any atom is 0.188 e. The molecule has 0 saturated carbocycles. The van der Waals surface area contributed by atoms with Crippen molar-refractivity contribution >= 4 is 14.5 Å². The molecule has 0 aliphatic carbocycles. The van der Waals surface area contributed by atoms with E-state index < -0.39 is 8.32 Å². The first-order chi connectivity index (χ1) is 7.76. The van der Waals surface area contributed by atoms with Crippen LogP contribution in [0.2, 0.25) is 18.1 Å². The lowest BCUT2D eigenvalue weighted by atomic mass is 10.0. The van der Waals surface area contributed by atoms with E-state index in [4.69, 9.17) is 5.21 Å². The molecular weight excluding hydrogens is 230 g/mol. The van der Waals surface area contributed by atoms with Crippen molar-refractivity contribution in [2.45, 2.75) is 38.4 Å². The summed E-state index contributed by atoms with van der Waals surface area (Å²) in [6, 6.07) is 7.85. The topological polar surface area (TPSA) is 52.8 Å². The van der Waals surface area contributed by atoms with E-state index in [-0.39, 0.29) is 5.04 Å². The van der Waals surface area contributed by atoms with Gasteiger partial charge in [0.2, 0.25) is 0 Å². The minimum Gasteiger partial charge on any atom is -0.432 e. The van der Waals surface area contributed by atoms with Gasteiger partial charge >= 0.3 is 0 Å². The molecule has 0 aliphatic heterocycles. The second kappa shape index (κ2) is 5.02. The summed E-state index contributed by atoms with van der Waals surface area (Å²) in [5.41, 5.74) is 2.06. The first kappa shape index (κ1) is 13.9. The molecule has 3 nitrogen and oxygen atoms in total. The van der Waals surface area contributed by atoms with Crippen LogP contribution in [0.25, 0.3) is 0 Å². The van der Waals surface area contributed by atoms with E-state index >= 15 is 0 Å². The maximum absolute atomic E-state index is 10.2. The van der Waals surface area contributed by atoms with Crippen molar-refractivity contribution in [1.82, 2.24) is 0 Å². The second-order valence-corrected chi connectivity index (χ2v) is 10.1. The van der Waals surface area contributed by atoms with Crippen LogP contribution >= 0.6 is 0 Å². The highest BCUT2D eigenvalue weighted by molar-refractivity contribution is 6.72. The molecule has 1 rings (SSSR count). The summed E-state index contributed by atoms with van der Waals surface area (Å²) >= 11 is 0. The van der Waals surface area contributed by atoms with Gasteiger partial charge in [0.1, 0.15) is 0 Å². The zero-order chi connectivity index (χ0) is 13.1. The smallest absolute Gasteiger partial charge is 0.188 e. The predicted octanol–water partition coefficient (Wildman–Crippen LogP) is 3.01. The van der Waals surface area contributed by atoms with E-state index in [1.165, 1.54) is 11.8 Å². The van der Waals surface area contributed by atoms with Gasteiger partial charge in [-0.25, -0.2) is 0 Å². The van der Waals surface area contributed by atoms with Crippen LogP contribution in [-0.4, -0.2) is 24.5 Å². The van der Waals surface area contributed by atoms with Crippen molar-refractivity contribution in [2.24, 2.45) is 5.16 Å². The first-order valence-corrected chi connectivity index (χ1v) is 8.70. The molecule has 4 heteroatoms. The summed E-state index contributed by atoms with van der Waals surface area (Å²) in [4.78, 5) is 10.2. The van der Waals surface area contributed by atoms with Gasteiger partial charge in [-0.1, -0.05) is 43.3 Å². The molecule has 0 atom stereocenters. The van der Waals surface area contributed by atoms with Crippen molar-refractivity contribution in [3.63, 3.8) is 0 Å². The van der Waals surface area contributed by atoms with Gasteiger partial charge in [-0.2, -0.15) is 0 Å². The van der Waals surface area contributed by atoms with E-state index in [9.17, 15) is 4.80 Å². The van der Waals surface area contributed by atoms with Gasteiger partial charge in [-0.15, -0.1) is 0 Å². The van der Waals surface area contributed by atoms with Crippen LogP contribution in [0.15, 0.2) is 29.4 Å². The Morgan fingerprint density at radius 2 is 1.76 bits per heavy atom. The van der Waals surface area contributed by atoms with Crippen LogP contribution in [0.5, 0.6) is 0 Å². The number of benzene rings is 1. The molecule has 17 heavy (non-hydrogen) atoms. The summed E-state index contributed by atoms with van der Waals surface area (Å²) in [5, 5.41) is 11.4. The van der Waals surface area contributed by atoms with Crippen LogP contribution in [0.4, 0.5) is 0 Å². The molecule has 0 radical (unpaired) electrons. The molecule has 0 heterocycles. The van der Waals surface area contributed by atoms with E-state index in [2.05, 4.69) is 19.0 Å². The fourth-order valence-electron chi connectivity index (χ4n) is 1.51. The molecule has 0 spiro atoms. The van der Waals surface area contributed by atoms with Crippen LogP contribution < -0.4 is 0 Å². The van der Waals surface area contributed by atoms with Gasteiger partial charge in [0, 0.05) is 0 Å². The molecule has 0 fully saturated rings. The summed E-state index contributed by atoms with van der Waals surface area (Å²) in [6.07, 6.45) is 2.26. The van der Waals surface area contributed by atoms with Crippen molar-refractivity contribution in [1.29, 1.82) is 0 Å². The Labute approximate surface area is 104 Å². The zero-order valence-corrected chi connectivity index (χ0v) is 11.9. The fourth-order valence-corrected chi connectivity index (χ4v) is 2.15. The summed E-state index contributed by atoms with van der Waals surface area (Å²) < 4.78 is 0. The largest absolute Gasteiger partial charge is 0.432 e. The molecule has 0 saturated heterocycles. The van der Waals surface area contributed by atoms with Crippen molar-refractivity contribution < 1.29 is 10.0 Å². The fraction of sp³-hybridized carbons (Fsp3) is 0.462. The third-order valence-electron chi connectivity index (χ3n) is 3.49. The van der Waals surface area contributed by atoms with Crippen LogP contribution in [0.3, 0.4) is 0 Å². The molecule has 0 amide bonds. The highest BCUT2D eigenvalue weighted by atomic mass is 28.4. The van der Waals surface area contributed by atoms with E-state index in [1.54, 1.807) is 0 Å². The van der Waals surface area contributed by atoms with E-state index in [1.807, 2.05) is 37.4 Å². The molecule has 0 unspecified atom stereocenters. The number of oxime groups is 1.